The molecule has 0 aromatic heterocycles. The van der Waals surface area contributed by atoms with Crippen molar-refractivity contribution in [2.45, 2.75) is 19.5 Å². The Morgan fingerprint density at radius 2 is 1.47 bits per heavy atom. The van der Waals surface area contributed by atoms with Gasteiger partial charge in [-0.05, 0) is 35.7 Å². The fraction of sp³-hybridized carbons (Fsp3) is 0.200. The van der Waals surface area contributed by atoms with E-state index < -0.39 is 18.3 Å². The van der Waals surface area contributed by atoms with E-state index in [1.807, 2.05) is 0 Å². The molecule has 100 valence electrons. The van der Waals surface area contributed by atoms with Crippen molar-refractivity contribution >= 4 is 0 Å². The van der Waals surface area contributed by atoms with E-state index in [1.54, 1.807) is 13.0 Å². The third-order valence-electron chi connectivity index (χ3n) is 2.88. The van der Waals surface area contributed by atoms with Crippen molar-refractivity contribution in [3.63, 3.8) is 0 Å². The van der Waals surface area contributed by atoms with Gasteiger partial charge in [-0.2, -0.15) is 0 Å². The molecule has 1 N–H and O–H groups in total. The lowest BCUT2D eigenvalue weighted by atomic mass is 9.99. The molecule has 0 amide bonds. The van der Waals surface area contributed by atoms with Crippen LogP contribution in [0.3, 0.4) is 0 Å². The quantitative estimate of drug-likeness (QED) is 0.884. The van der Waals surface area contributed by atoms with E-state index in [-0.39, 0.29) is 5.56 Å². The van der Waals surface area contributed by atoms with Gasteiger partial charge >= 0.3 is 0 Å². The first kappa shape index (κ1) is 13.6. The summed E-state index contributed by atoms with van der Waals surface area (Å²) in [7, 11) is 0. The molecule has 0 aliphatic heterocycles. The van der Waals surface area contributed by atoms with Gasteiger partial charge in [-0.15, -0.1) is 0 Å². The average Bonchev–Trinajstić information content (AvgIpc) is 2.37. The number of aliphatic hydroxyl groups is 1. The number of hydrogen-bond donors (Lipinski definition) is 1. The Hall–Kier alpha value is -1.81. The van der Waals surface area contributed by atoms with Gasteiger partial charge in [0.2, 0.25) is 0 Å². The van der Waals surface area contributed by atoms with Gasteiger partial charge in [0, 0.05) is 5.56 Å². The minimum Gasteiger partial charge on any atom is -0.384 e. The molecular weight excluding hydrogens is 253 g/mol. The summed E-state index contributed by atoms with van der Waals surface area (Å²) in [4.78, 5) is 0. The maximum atomic E-state index is 13.3. The lowest BCUT2D eigenvalue weighted by Gasteiger charge is -2.13. The van der Waals surface area contributed by atoms with Gasteiger partial charge in [-0.25, -0.2) is 13.2 Å². The molecule has 1 unspecified atom stereocenters. The molecule has 0 spiro atoms. The van der Waals surface area contributed by atoms with Gasteiger partial charge in [0.25, 0.3) is 6.43 Å². The highest BCUT2D eigenvalue weighted by atomic mass is 19.3. The van der Waals surface area contributed by atoms with Crippen LogP contribution in [-0.2, 0) is 0 Å². The second-order valence-electron chi connectivity index (χ2n) is 4.43. The molecule has 1 atom stereocenters. The fourth-order valence-corrected chi connectivity index (χ4v) is 1.94. The predicted octanol–water partition coefficient (Wildman–Crippen LogP) is 4.15. The van der Waals surface area contributed by atoms with Crippen LogP contribution >= 0.6 is 0 Å². The number of aliphatic hydroxyl groups excluding tert-OH is 1. The molecule has 2 aromatic rings. The number of hydrogen-bond acceptors (Lipinski definition) is 1. The van der Waals surface area contributed by atoms with Crippen LogP contribution < -0.4 is 0 Å². The van der Waals surface area contributed by atoms with E-state index in [2.05, 4.69) is 0 Å². The second kappa shape index (κ2) is 5.45. The van der Waals surface area contributed by atoms with Crippen LogP contribution in [-0.4, -0.2) is 5.11 Å². The first-order chi connectivity index (χ1) is 8.97. The Morgan fingerprint density at radius 1 is 0.895 bits per heavy atom. The molecule has 0 saturated heterocycles. The highest BCUT2D eigenvalue weighted by molar-refractivity contribution is 5.34. The molecule has 0 radical (unpaired) electrons. The smallest absolute Gasteiger partial charge is 0.263 e. The van der Waals surface area contributed by atoms with E-state index in [0.29, 0.717) is 16.7 Å². The third-order valence-corrected chi connectivity index (χ3v) is 2.88. The van der Waals surface area contributed by atoms with Gasteiger partial charge in [-0.3, -0.25) is 0 Å². The van der Waals surface area contributed by atoms with Crippen molar-refractivity contribution < 1.29 is 18.3 Å². The van der Waals surface area contributed by atoms with Crippen molar-refractivity contribution in [1.29, 1.82) is 0 Å². The average molecular weight is 266 g/mol. The first-order valence-corrected chi connectivity index (χ1v) is 5.80. The van der Waals surface area contributed by atoms with Crippen LogP contribution in [0.5, 0.6) is 0 Å². The Balaban J connectivity index is 2.30. The molecule has 0 aliphatic carbocycles. The Bertz CT molecular complexity index is 544. The molecule has 0 aliphatic rings. The monoisotopic (exact) mass is 266 g/mol. The van der Waals surface area contributed by atoms with Crippen LogP contribution in [0.15, 0.2) is 42.5 Å². The standard InChI is InChI=1S/C15H13F3O/c1-9-6-12(8-13(16)7-9)14(19)10-2-4-11(5-3-10)15(17)18/h2-8,14-15,19H,1H3. The highest BCUT2D eigenvalue weighted by Crippen LogP contribution is 2.26. The first-order valence-electron chi connectivity index (χ1n) is 5.80. The van der Waals surface area contributed by atoms with Crippen LogP contribution in [0.1, 0.15) is 34.8 Å². The summed E-state index contributed by atoms with van der Waals surface area (Å²) < 4.78 is 38.1. The molecule has 2 rings (SSSR count). The predicted molar refractivity (Wildman–Crippen MR) is 66.6 cm³/mol. The summed E-state index contributed by atoms with van der Waals surface area (Å²) in [5.74, 6) is -0.432. The lowest BCUT2D eigenvalue weighted by molar-refractivity contribution is 0.151. The molecule has 0 heterocycles. The maximum absolute atomic E-state index is 13.3. The zero-order valence-corrected chi connectivity index (χ0v) is 10.3. The molecule has 2 aromatic carbocycles. The summed E-state index contributed by atoms with van der Waals surface area (Å²) in [6.07, 6.45) is -3.57. The Morgan fingerprint density at radius 3 is 2.00 bits per heavy atom. The third kappa shape index (κ3) is 3.15. The fourth-order valence-electron chi connectivity index (χ4n) is 1.94. The van der Waals surface area contributed by atoms with Crippen molar-refractivity contribution in [2.24, 2.45) is 0 Å². The van der Waals surface area contributed by atoms with Crippen LogP contribution in [0.4, 0.5) is 13.2 Å². The summed E-state index contributed by atoms with van der Waals surface area (Å²) >= 11 is 0. The minimum atomic E-state index is -2.54. The number of alkyl halides is 2. The number of halogens is 3. The zero-order valence-electron chi connectivity index (χ0n) is 10.3. The highest BCUT2D eigenvalue weighted by Gasteiger charge is 2.13. The summed E-state index contributed by atoms with van der Waals surface area (Å²) in [5, 5.41) is 10.1. The Labute approximate surface area is 109 Å². The zero-order chi connectivity index (χ0) is 14.0. The van der Waals surface area contributed by atoms with Gasteiger partial charge < -0.3 is 5.11 Å². The number of benzene rings is 2. The van der Waals surface area contributed by atoms with E-state index in [4.69, 9.17) is 0 Å². The van der Waals surface area contributed by atoms with Crippen molar-refractivity contribution in [2.75, 3.05) is 0 Å². The van der Waals surface area contributed by atoms with Crippen LogP contribution in [0.25, 0.3) is 0 Å². The summed E-state index contributed by atoms with van der Waals surface area (Å²) in [5.41, 5.74) is 1.45. The molecular formula is C15H13F3O. The van der Waals surface area contributed by atoms with E-state index >= 15 is 0 Å². The van der Waals surface area contributed by atoms with Crippen LogP contribution in [0, 0.1) is 12.7 Å². The molecule has 0 fully saturated rings. The molecule has 4 heteroatoms. The molecule has 19 heavy (non-hydrogen) atoms. The van der Waals surface area contributed by atoms with Gasteiger partial charge in [0.1, 0.15) is 11.9 Å². The minimum absolute atomic E-state index is 0.105. The summed E-state index contributed by atoms with van der Waals surface area (Å²) in [6, 6.07) is 9.62. The second-order valence-corrected chi connectivity index (χ2v) is 4.43. The number of aryl methyl sites for hydroxylation is 1. The Kier molecular flexibility index (Phi) is 3.90. The van der Waals surface area contributed by atoms with Crippen molar-refractivity contribution in [3.05, 3.63) is 70.5 Å². The van der Waals surface area contributed by atoms with Crippen molar-refractivity contribution in [3.8, 4) is 0 Å². The normalized spacial score (nSPS) is 12.7. The van der Waals surface area contributed by atoms with Crippen molar-refractivity contribution in [1.82, 2.24) is 0 Å². The van der Waals surface area contributed by atoms with E-state index in [0.717, 1.165) is 0 Å². The topological polar surface area (TPSA) is 20.2 Å². The van der Waals surface area contributed by atoms with Gasteiger partial charge in [0.05, 0.1) is 0 Å². The molecule has 0 bridgehead atoms. The van der Waals surface area contributed by atoms with Gasteiger partial charge in [0.15, 0.2) is 0 Å². The molecule has 0 saturated carbocycles. The van der Waals surface area contributed by atoms with Crippen LogP contribution in [0.2, 0.25) is 0 Å². The molecule has 1 nitrogen and oxygen atoms in total. The maximum Gasteiger partial charge on any atom is 0.263 e. The van der Waals surface area contributed by atoms with E-state index in [1.165, 1.54) is 36.4 Å². The van der Waals surface area contributed by atoms with Gasteiger partial charge in [-0.1, -0.05) is 30.3 Å². The largest absolute Gasteiger partial charge is 0.384 e. The lowest BCUT2D eigenvalue weighted by Crippen LogP contribution is -2.01. The summed E-state index contributed by atoms with van der Waals surface area (Å²) in [6.45, 7) is 1.72. The van der Waals surface area contributed by atoms with E-state index in [9.17, 15) is 18.3 Å². The SMILES string of the molecule is Cc1cc(F)cc(C(O)c2ccc(C(F)F)cc2)c1. The number of rotatable bonds is 3.